The molecule has 0 atom stereocenters. The van der Waals surface area contributed by atoms with Crippen LogP contribution < -0.4 is 21.2 Å². The maximum Gasteiger partial charge on any atom is 1.00 e. The van der Waals surface area contributed by atoms with Gasteiger partial charge in [-0.25, -0.2) is 16.8 Å². The minimum Gasteiger partial charge on any atom is -0.741 e. The molecule has 4 aromatic rings. The zero-order valence-electron chi connectivity index (χ0n) is 38.7. The number of benzene rings is 4. The number of hydrogen-bond donors (Lipinski definition) is 0. The SMILES string of the molecule is CC(C)[PH+](C[PH+](c1ccccc1)c1ccccc1)C(C)C.CC(C)[PH+](C[PH+](c1ccccc1)c1ccccc1)C(C)C.ClCCCl.ClCCCl.O=S(=O)([O-])C(F)(F)F.O=S(=O)([O-])C(F)(F)F.[Au+].[Au+]. The summed E-state index contributed by atoms with van der Waals surface area (Å²) in [5, 5.41) is 6.27. The van der Waals surface area contributed by atoms with Crippen molar-refractivity contribution in [2.45, 2.75) is 89.0 Å². The Kier molecular flexibility index (Phi) is 44.2. The summed E-state index contributed by atoms with van der Waals surface area (Å²) in [6, 6.07) is 44.8. The van der Waals surface area contributed by atoms with Gasteiger partial charge in [0.15, 0.2) is 32.0 Å². The summed E-state index contributed by atoms with van der Waals surface area (Å²) >= 11 is 20.2. The van der Waals surface area contributed by atoms with Crippen molar-refractivity contribution in [2.75, 3.05) is 35.3 Å². The fourth-order valence-corrected chi connectivity index (χ4v) is 24.6. The average Bonchev–Trinajstić information content (AvgIpc) is 3.24. The molecule has 0 bridgehead atoms. The molecule has 0 aliphatic heterocycles. The van der Waals surface area contributed by atoms with Crippen LogP contribution in [0.3, 0.4) is 0 Å². The first-order valence-corrected chi connectivity index (χ1v) is 32.5. The number of rotatable bonds is 14. The molecule has 0 unspecified atom stereocenters. The summed E-state index contributed by atoms with van der Waals surface area (Å²) in [4.78, 5) is 0. The predicted molar refractivity (Wildman–Crippen MR) is 282 cm³/mol. The van der Waals surface area contributed by atoms with Crippen molar-refractivity contribution in [3.63, 3.8) is 0 Å². The zero-order chi connectivity index (χ0) is 51.3. The first-order valence-electron chi connectivity index (χ1n) is 20.4. The van der Waals surface area contributed by atoms with Crippen molar-refractivity contribution < 1.29 is 97.0 Å². The molecule has 0 radical (unpaired) electrons. The fourth-order valence-electron chi connectivity index (χ4n) is 5.86. The van der Waals surface area contributed by atoms with E-state index in [1.165, 1.54) is 11.8 Å². The molecule has 6 nitrogen and oxygen atoms in total. The van der Waals surface area contributed by atoms with Crippen molar-refractivity contribution in [1.29, 1.82) is 0 Å². The van der Waals surface area contributed by atoms with Gasteiger partial charge in [-0.15, -0.1) is 46.4 Å². The van der Waals surface area contributed by atoms with E-state index in [2.05, 4.69) is 177 Å². The van der Waals surface area contributed by atoms with Gasteiger partial charge < -0.3 is 9.11 Å². The Bertz CT molecular complexity index is 1800. The van der Waals surface area contributed by atoms with Crippen molar-refractivity contribution in [1.82, 2.24) is 0 Å². The first-order chi connectivity index (χ1) is 30.5. The Morgan fingerprint density at radius 2 is 0.559 bits per heavy atom. The maximum absolute atomic E-state index is 10.7. The van der Waals surface area contributed by atoms with Gasteiger partial charge in [0.05, 0.1) is 22.6 Å². The molecule has 68 heavy (non-hydrogen) atoms. The van der Waals surface area contributed by atoms with Crippen LogP contribution in [-0.2, 0) is 65.0 Å². The Hall–Kier alpha value is 0.641. The summed E-state index contributed by atoms with van der Waals surface area (Å²) < 4.78 is 118. The monoisotopic (exact) mass is 1520 g/mol. The van der Waals surface area contributed by atoms with E-state index in [0.29, 0.717) is 23.5 Å². The molecule has 0 spiro atoms. The van der Waals surface area contributed by atoms with Crippen LogP contribution in [-0.4, -0.2) is 94.9 Å². The van der Waals surface area contributed by atoms with E-state index >= 15 is 0 Å². The van der Waals surface area contributed by atoms with Gasteiger partial charge in [-0.3, -0.25) is 0 Å². The van der Waals surface area contributed by atoms with Crippen LogP contribution >= 0.6 is 78.1 Å². The van der Waals surface area contributed by atoms with Crippen molar-refractivity contribution in [3.05, 3.63) is 121 Å². The second-order valence-corrected chi connectivity index (χ2v) is 33.3. The standard InChI is InChI=1S/2C19H26P2.2C2H4Cl2.2CHF3O3S.2Au/c2*1-16(2)20(17(3)4)15-21(18-11-7-5-8-12-18)19-13-9-6-10-14-19;2*3-1-2-4;2*2-1(3,4)8(5,6)7;;/h2*5-14,16-17H,15H2,1-4H3;2*1-2H2;2*(H,5,6,7);;/q;;;;;;2*+1/p+2. The molecule has 4 aromatic carbocycles. The van der Waals surface area contributed by atoms with Crippen LogP contribution in [0.4, 0.5) is 26.3 Å². The molecule has 396 valence electrons. The Morgan fingerprint density at radius 3 is 0.662 bits per heavy atom. The third-order valence-corrected chi connectivity index (χ3v) is 27.4. The van der Waals surface area contributed by atoms with Gasteiger partial charge in [0, 0.05) is 39.4 Å². The Morgan fingerprint density at radius 1 is 0.412 bits per heavy atom. The van der Waals surface area contributed by atoms with Crippen LogP contribution in [0.1, 0.15) is 55.4 Å². The molecule has 0 N–H and O–H groups in total. The molecule has 0 aliphatic rings. The van der Waals surface area contributed by atoms with Crippen LogP contribution in [0.2, 0.25) is 0 Å². The third-order valence-electron chi connectivity index (χ3n) is 8.93. The maximum atomic E-state index is 10.7. The van der Waals surface area contributed by atoms with E-state index in [-0.39, 0.29) is 60.6 Å². The third kappa shape index (κ3) is 33.5. The summed E-state index contributed by atoms with van der Waals surface area (Å²) in [7, 11) is -14.1. The number of hydrogen-bond acceptors (Lipinski definition) is 6. The van der Waals surface area contributed by atoms with Gasteiger partial charge in [0.1, 0.15) is 37.1 Å². The van der Waals surface area contributed by atoms with E-state index < -0.39 is 47.1 Å². The van der Waals surface area contributed by atoms with Crippen LogP contribution in [0.25, 0.3) is 0 Å². The van der Waals surface area contributed by atoms with Gasteiger partial charge in [-0.2, -0.15) is 26.3 Å². The van der Waals surface area contributed by atoms with Crippen molar-refractivity contribution >= 4 is 120 Å². The van der Waals surface area contributed by atoms with Gasteiger partial charge in [-0.05, 0) is 104 Å². The topological polar surface area (TPSA) is 114 Å². The second kappa shape index (κ2) is 40.0. The van der Waals surface area contributed by atoms with Gasteiger partial charge in [-0.1, -0.05) is 72.8 Å². The second-order valence-electron chi connectivity index (χ2n) is 15.1. The van der Waals surface area contributed by atoms with Gasteiger partial charge in [0.2, 0.25) is 0 Å². The van der Waals surface area contributed by atoms with Gasteiger partial charge >= 0.3 is 55.8 Å². The van der Waals surface area contributed by atoms with Crippen LogP contribution in [0, 0.1) is 0 Å². The van der Waals surface area contributed by atoms with Crippen LogP contribution in [0.5, 0.6) is 0 Å². The van der Waals surface area contributed by atoms with E-state index in [1.54, 1.807) is 21.2 Å². The van der Waals surface area contributed by atoms with Crippen molar-refractivity contribution in [3.8, 4) is 0 Å². The van der Waals surface area contributed by atoms with Gasteiger partial charge in [0.25, 0.3) is 0 Å². The molecular formula is C44H64Au2Cl4F6O6P4S2+4. The van der Waals surface area contributed by atoms with E-state index in [9.17, 15) is 26.3 Å². The molecule has 0 saturated heterocycles. The summed E-state index contributed by atoms with van der Waals surface area (Å²) in [6.45, 7) is 19.4. The average molecular weight is 1530 g/mol. The molecule has 0 amide bonds. The summed E-state index contributed by atoms with van der Waals surface area (Å²) in [5.41, 5.74) is -7.89. The molecule has 0 aromatic heterocycles. The largest absolute Gasteiger partial charge is 1.00 e. The molecule has 0 aliphatic carbocycles. The zero-order valence-corrected chi connectivity index (χ0v) is 51.7. The van der Waals surface area contributed by atoms with Crippen molar-refractivity contribution in [2.24, 2.45) is 0 Å². The first kappa shape index (κ1) is 75.2. The quantitative estimate of drug-likeness (QED) is 0.0310. The predicted octanol–water partition coefficient (Wildman–Crippen LogP) is 12.7. The Labute approximate surface area is 458 Å². The fraction of sp³-hybridized carbons (Fsp3) is 0.455. The van der Waals surface area contributed by atoms with E-state index in [4.69, 9.17) is 72.3 Å². The Balaban J connectivity index is -0.000000404. The minimum atomic E-state index is -6.09. The molecule has 24 heteroatoms. The molecule has 0 fully saturated rings. The number of alkyl halides is 10. The van der Waals surface area contributed by atoms with E-state index in [0.717, 1.165) is 22.6 Å². The van der Waals surface area contributed by atoms with E-state index in [1.807, 2.05) is 0 Å². The van der Waals surface area contributed by atoms with Crippen LogP contribution in [0.15, 0.2) is 121 Å². The molecule has 0 heterocycles. The number of halogens is 10. The smallest absolute Gasteiger partial charge is 0.741 e. The summed E-state index contributed by atoms with van der Waals surface area (Å²) in [5.74, 6) is 5.09. The molecular weight excluding hydrogens is 1460 g/mol. The molecule has 4 rings (SSSR count). The minimum absolute atomic E-state index is 0. The summed E-state index contributed by atoms with van der Waals surface area (Å²) in [6.07, 6.45) is 0. The normalized spacial score (nSPS) is 11.5. The molecule has 0 saturated carbocycles.